The zero-order chi connectivity index (χ0) is 10.3. The highest BCUT2D eigenvalue weighted by Crippen LogP contribution is 2.47. The first-order valence-corrected chi connectivity index (χ1v) is 5.32. The van der Waals surface area contributed by atoms with Gasteiger partial charge in [-0.2, -0.15) is 0 Å². The summed E-state index contributed by atoms with van der Waals surface area (Å²) in [5.74, 6) is 0.488. The maximum Gasteiger partial charge on any atom is 0.169 e. The molecule has 2 rings (SSSR count). The lowest BCUT2D eigenvalue weighted by Crippen LogP contribution is -2.41. The molecule has 0 bridgehead atoms. The maximum absolute atomic E-state index is 12.0. The van der Waals surface area contributed by atoms with E-state index >= 15 is 0 Å². The first-order valence-electron chi connectivity index (χ1n) is 5.32. The van der Waals surface area contributed by atoms with Crippen LogP contribution in [0.25, 0.3) is 0 Å². The van der Waals surface area contributed by atoms with Gasteiger partial charge in [-0.25, -0.2) is 0 Å². The Balaban J connectivity index is 2.41. The van der Waals surface area contributed by atoms with Crippen molar-refractivity contribution in [3.05, 3.63) is 11.6 Å². The second-order valence-electron chi connectivity index (χ2n) is 4.69. The lowest BCUT2D eigenvalue weighted by Gasteiger charge is -2.32. The molecule has 1 fully saturated rings. The molecule has 2 atom stereocenters. The Bertz CT molecular complexity index is 327. The summed E-state index contributed by atoms with van der Waals surface area (Å²) in [5.41, 5.74) is 0.493. The van der Waals surface area contributed by atoms with Gasteiger partial charge in [0.1, 0.15) is 5.78 Å². The average Bonchev–Trinajstić information content (AvgIpc) is 2.40. The third-order valence-electron chi connectivity index (χ3n) is 3.87. The highest BCUT2D eigenvalue weighted by Gasteiger charge is 2.52. The van der Waals surface area contributed by atoms with Crippen LogP contribution in [0.3, 0.4) is 0 Å². The highest BCUT2D eigenvalue weighted by atomic mass is 16.2. The van der Waals surface area contributed by atoms with E-state index in [0.717, 1.165) is 24.8 Å². The molecule has 0 aromatic carbocycles. The van der Waals surface area contributed by atoms with E-state index in [1.807, 2.05) is 13.8 Å². The monoisotopic (exact) mass is 192 g/mol. The fraction of sp³-hybridized carbons (Fsp3) is 0.667. The number of allylic oxidation sites excluding steroid dienone is 2. The second-order valence-corrected chi connectivity index (χ2v) is 4.69. The molecule has 1 spiro atoms. The van der Waals surface area contributed by atoms with Gasteiger partial charge in [0.15, 0.2) is 5.78 Å². The van der Waals surface area contributed by atoms with Crippen molar-refractivity contribution in [1.82, 2.24) is 0 Å². The number of Topliss-reactive ketones (excluding diaryl/α,β-unsaturated/α-hetero) is 1. The molecule has 0 aliphatic heterocycles. The van der Waals surface area contributed by atoms with Crippen LogP contribution in [-0.4, -0.2) is 11.6 Å². The summed E-state index contributed by atoms with van der Waals surface area (Å²) in [4.78, 5) is 23.8. The number of rotatable bonds is 0. The molecule has 2 aliphatic carbocycles. The molecule has 0 heterocycles. The van der Waals surface area contributed by atoms with Gasteiger partial charge in [0, 0.05) is 6.42 Å². The van der Waals surface area contributed by atoms with E-state index in [1.165, 1.54) is 0 Å². The maximum atomic E-state index is 12.0. The predicted molar refractivity (Wildman–Crippen MR) is 53.8 cm³/mol. The lowest BCUT2D eigenvalue weighted by atomic mass is 9.67. The Morgan fingerprint density at radius 1 is 1.36 bits per heavy atom. The largest absolute Gasteiger partial charge is 0.299 e. The molecule has 14 heavy (non-hydrogen) atoms. The van der Waals surface area contributed by atoms with Gasteiger partial charge in [-0.3, -0.25) is 9.59 Å². The minimum absolute atomic E-state index is 0.0660. The van der Waals surface area contributed by atoms with E-state index in [4.69, 9.17) is 0 Å². The molecule has 2 unspecified atom stereocenters. The zero-order valence-corrected chi connectivity index (χ0v) is 8.80. The molecule has 0 saturated heterocycles. The van der Waals surface area contributed by atoms with E-state index in [0.29, 0.717) is 6.42 Å². The number of hydrogen-bond donors (Lipinski definition) is 0. The van der Waals surface area contributed by atoms with Crippen LogP contribution in [0.5, 0.6) is 0 Å². The number of hydrogen-bond acceptors (Lipinski definition) is 2. The number of ketones is 2. The van der Waals surface area contributed by atoms with Crippen LogP contribution in [0.15, 0.2) is 11.6 Å². The molecule has 76 valence electrons. The quantitative estimate of drug-likeness (QED) is 0.552. The van der Waals surface area contributed by atoms with Crippen LogP contribution in [-0.2, 0) is 9.59 Å². The molecule has 0 N–H and O–H groups in total. The van der Waals surface area contributed by atoms with Crippen LogP contribution in [0, 0.1) is 11.3 Å². The molecule has 2 heteroatoms. The van der Waals surface area contributed by atoms with Crippen LogP contribution in [0.1, 0.15) is 39.5 Å². The topological polar surface area (TPSA) is 34.1 Å². The molecule has 2 nitrogen and oxygen atoms in total. The van der Waals surface area contributed by atoms with Gasteiger partial charge in [0.25, 0.3) is 0 Å². The molecule has 0 amide bonds. The van der Waals surface area contributed by atoms with Gasteiger partial charge in [-0.05, 0) is 38.2 Å². The van der Waals surface area contributed by atoms with Gasteiger partial charge in [0.2, 0.25) is 0 Å². The summed E-state index contributed by atoms with van der Waals surface area (Å²) in [6.07, 6.45) is 4.82. The van der Waals surface area contributed by atoms with Gasteiger partial charge >= 0.3 is 0 Å². The number of carbonyl (C=O) groups excluding carboxylic acids is 2. The van der Waals surface area contributed by atoms with Crippen LogP contribution in [0.4, 0.5) is 0 Å². The van der Waals surface area contributed by atoms with Crippen molar-refractivity contribution < 1.29 is 9.59 Å². The minimum Gasteiger partial charge on any atom is -0.299 e. The molecule has 1 saturated carbocycles. The first kappa shape index (κ1) is 9.63. The average molecular weight is 192 g/mol. The third-order valence-corrected chi connectivity index (χ3v) is 3.87. The third kappa shape index (κ3) is 1.09. The van der Waals surface area contributed by atoms with E-state index < -0.39 is 5.41 Å². The Hall–Kier alpha value is -0.920. The van der Waals surface area contributed by atoms with Crippen molar-refractivity contribution in [2.24, 2.45) is 11.3 Å². The van der Waals surface area contributed by atoms with Gasteiger partial charge in [-0.15, -0.1) is 0 Å². The molecular weight excluding hydrogens is 176 g/mol. The predicted octanol–water partition coefficient (Wildman–Crippen LogP) is 2.28. The fourth-order valence-electron chi connectivity index (χ4n) is 2.80. The van der Waals surface area contributed by atoms with Crippen molar-refractivity contribution in [3.8, 4) is 0 Å². The molecule has 2 aliphatic rings. The van der Waals surface area contributed by atoms with Gasteiger partial charge in [-0.1, -0.05) is 12.5 Å². The van der Waals surface area contributed by atoms with E-state index in [2.05, 4.69) is 0 Å². The Morgan fingerprint density at radius 2 is 2.07 bits per heavy atom. The van der Waals surface area contributed by atoms with Gasteiger partial charge < -0.3 is 0 Å². The van der Waals surface area contributed by atoms with Crippen LogP contribution in [0.2, 0.25) is 0 Å². The highest BCUT2D eigenvalue weighted by molar-refractivity contribution is 6.13. The summed E-state index contributed by atoms with van der Waals surface area (Å²) >= 11 is 0. The van der Waals surface area contributed by atoms with Crippen molar-refractivity contribution in [2.75, 3.05) is 0 Å². The molecule has 0 aromatic rings. The smallest absolute Gasteiger partial charge is 0.169 e. The standard InChI is InChI=1S/C12H16O2/c1-8-5-6-12(11(14)7-8)9(2)3-4-10(12)13/h7,9H,3-6H2,1-2H3. The first-order chi connectivity index (χ1) is 6.57. The normalized spacial score (nSPS) is 37.9. The molecule has 0 aromatic heterocycles. The van der Waals surface area contributed by atoms with Crippen molar-refractivity contribution in [2.45, 2.75) is 39.5 Å². The van der Waals surface area contributed by atoms with Crippen molar-refractivity contribution in [3.63, 3.8) is 0 Å². The number of carbonyl (C=O) groups is 2. The second kappa shape index (κ2) is 3.04. The summed E-state index contributed by atoms with van der Waals surface area (Å²) in [7, 11) is 0. The lowest BCUT2D eigenvalue weighted by molar-refractivity contribution is -0.138. The van der Waals surface area contributed by atoms with E-state index in [9.17, 15) is 9.59 Å². The summed E-state index contributed by atoms with van der Waals surface area (Å²) in [5, 5.41) is 0. The van der Waals surface area contributed by atoms with Crippen molar-refractivity contribution >= 4 is 11.6 Å². The molecule has 0 radical (unpaired) electrons. The summed E-state index contributed by atoms with van der Waals surface area (Å²) in [6.45, 7) is 4.01. The summed E-state index contributed by atoms with van der Waals surface area (Å²) < 4.78 is 0. The molecular formula is C12H16O2. The van der Waals surface area contributed by atoms with Crippen molar-refractivity contribution in [1.29, 1.82) is 0 Å². The van der Waals surface area contributed by atoms with Crippen LogP contribution < -0.4 is 0 Å². The SMILES string of the molecule is CC1=CC(=O)C2(CC1)C(=O)CCC2C. The fourth-order valence-corrected chi connectivity index (χ4v) is 2.80. The Morgan fingerprint density at radius 3 is 2.57 bits per heavy atom. The minimum atomic E-state index is -0.625. The van der Waals surface area contributed by atoms with Crippen LogP contribution >= 0.6 is 0 Å². The van der Waals surface area contributed by atoms with Gasteiger partial charge in [0.05, 0.1) is 5.41 Å². The summed E-state index contributed by atoms with van der Waals surface area (Å²) in [6, 6.07) is 0. The zero-order valence-electron chi connectivity index (χ0n) is 8.80. The van der Waals surface area contributed by atoms with E-state index in [-0.39, 0.29) is 17.5 Å². The Labute approximate surface area is 84.4 Å². The Kier molecular flexibility index (Phi) is 2.09. The van der Waals surface area contributed by atoms with E-state index in [1.54, 1.807) is 6.08 Å².